The molecule has 0 amide bonds. The van der Waals surface area contributed by atoms with Crippen LogP contribution in [0.4, 0.5) is 5.69 Å². The number of nitrogens with one attached hydrogen (secondary N) is 1. The summed E-state index contributed by atoms with van der Waals surface area (Å²) in [5.74, 6) is -0.448. The van der Waals surface area contributed by atoms with E-state index in [4.69, 9.17) is 14.6 Å². The molecule has 2 rings (SSSR count). The van der Waals surface area contributed by atoms with Crippen LogP contribution >= 0.6 is 0 Å². The van der Waals surface area contributed by atoms with Crippen molar-refractivity contribution in [2.75, 3.05) is 5.32 Å². The van der Waals surface area contributed by atoms with E-state index in [9.17, 15) is 4.79 Å². The summed E-state index contributed by atoms with van der Waals surface area (Å²) in [5, 5.41) is 20.7. The zero-order chi connectivity index (χ0) is 13.0. The SMILES string of the molecule is O=C(O)c1coc(CNc2ccc(CO)cc2)c1. The van der Waals surface area contributed by atoms with Crippen LogP contribution in [0.5, 0.6) is 0 Å². The molecule has 1 aromatic heterocycles. The number of hydrogen-bond acceptors (Lipinski definition) is 4. The maximum atomic E-state index is 10.7. The van der Waals surface area contributed by atoms with Gasteiger partial charge < -0.3 is 19.9 Å². The highest BCUT2D eigenvalue weighted by Gasteiger charge is 2.07. The molecule has 1 aromatic carbocycles. The molecule has 0 fully saturated rings. The number of anilines is 1. The Morgan fingerprint density at radius 3 is 2.56 bits per heavy atom. The van der Waals surface area contributed by atoms with Crippen molar-refractivity contribution in [3.05, 3.63) is 53.5 Å². The van der Waals surface area contributed by atoms with E-state index >= 15 is 0 Å². The summed E-state index contributed by atoms with van der Waals surface area (Å²) in [5.41, 5.74) is 1.86. The van der Waals surface area contributed by atoms with Gasteiger partial charge in [-0.25, -0.2) is 4.79 Å². The van der Waals surface area contributed by atoms with Crippen molar-refractivity contribution in [1.29, 1.82) is 0 Å². The Morgan fingerprint density at radius 1 is 1.28 bits per heavy atom. The van der Waals surface area contributed by atoms with Crippen molar-refractivity contribution in [1.82, 2.24) is 0 Å². The van der Waals surface area contributed by atoms with E-state index in [2.05, 4.69) is 5.32 Å². The van der Waals surface area contributed by atoms with E-state index in [1.807, 2.05) is 24.3 Å². The second kappa shape index (κ2) is 5.37. The molecular weight excluding hydrogens is 234 g/mol. The largest absolute Gasteiger partial charge is 0.478 e. The number of aromatic carboxylic acids is 1. The lowest BCUT2D eigenvalue weighted by Gasteiger charge is -2.04. The van der Waals surface area contributed by atoms with Gasteiger partial charge in [0, 0.05) is 5.69 Å². The molecule has 0 aliphatic rings. The first kappa shape index (κ1) is 12.2. The van der Waals surface area contributed by atoms with Crippen molar-refractivity contribution in [2.24, 2.45) is 0 Å². The first-order valence-corrected chi connectivity index (χ1v) is 5.43. The highest BCUT2D eigenvalue weighted by molar-refractivity contribution is 5.87. The number of hydrogen-bond donors (Lipinski definition) is 3. The number of benzene rings is 1. The lowest BCUT2D eigenvalue weighted by Crippen LogP contribution is -1.98. The van der Waals surface area contributed by atoms with E-state index < -0.39 is 5.97 Å². The van der Waals surface area contributed by atoms with E-state index in [0.717, 1.165) is 11.3 Å². The van der Waals surface area contributed by atoms with Gasteiger partial charge in [-0.15, -0.1) is 0 Å². The third kappa shape index (κ3) is 2.89. The van der Waals surface area contributed by atoms with Gasteiger partial charge in [-0.1, -0.05) is 12.1 Å². The van der Waals surface area contributed by atoms with Gasteiger partial charge in [-0.2, -0.15) is 0 Å². The molecule has 0 saturated carbocycles. The Morgan fingerprint density at radius 2 is 2.00 bits per heavy atom. The van der Waals surface area contributed by atoms with Crippen molar-refractivity contribution in [2.45, 2.75) is 13.2 Å². The molecule has 5 nitrogen and oxygen atoms in total. The van der Waals surface area contributed by atoms with Crippen LogP contribution in [0.25, 0.3) is 0 Å². The van der Waals surface area contributed by atoms with Crippen LogP contribution in [0, 0.1) is 0 Å². The zero-order valence-electron chi connectivity index (χ0n) is 9.59. The summed E-state index contributed by atoms with van der Waals surface area (Å²) in [6.45, 7) is 0.423. The van der Waals surface area contributed by atoms with Crippen LogP contribution in [0.1, 0.15) is 21.7 Å². The van der Waals surface area contributed by atoms with Gasteiger partial charge in [0.15, 0.2) is 0 Å². The predicted octanol–water partition coefficient (Wildman–Crippen LogP) is 2.08. The second-order valence-electron chi connectivity index (χ2n) is 3.82. The minimum absolute atomic E-state index is 0.0143. The fourth-order valence-electron chi connectivity index (χ4n) is 1.50. The number of carboxylic acid groups (broad SMARTS) is 1. The Balaban J connectivity index is 1.95. The van der Waals surface area contributed by atoms with Gasteiger partial charge in [0.2, 0.25) is 0 Å². The Bertz CT molecular complexity index is 530. The average Bonchev–Trinajstić information content (AvgIpc) is 2.86. The number of rotatable bonds is 5. The molecule has 0 aliphatic carbocycles. The quantitative estimate of drug-likeness (QED) is 0.753. The van der Waals surface area contributed by atoms with Crippen LogP contribution in [0.2, 0.25) is 0 Å². The smallest absolute Gasteiger partial charge is 0.338 e. The lowest BCUT2D eigenvalue weighted by atomic mass is 10.2. The summed E-state index contributed by atoms with van der Waals surface area (Å²) >= 11 is 0. The molecule has 0 saturated heterocycles. The summed E-state index contributed by atoms with van der Waals surface area (Å²) in [6, 6.07) is 8.79. The van der Waals surface area contributed by atoms with Crippen LogP contribution in [-0.2, 0) is 13.2 Å². The lowest BCUT2D eigenvalue weighted by molar-refractivity contribution is 0.0696. The average molecular weight is 247 g/mol. The second-order valence-corrected chi connectivity index (χ2v) is 3.82. The maximum absolute atomic E-state index is 10.7. The van der Waals surface area contributed by atoms with Gasteiger partial charge >= 0.3 is 5.97 Å². The van der Waals surface area contributed by atoms with Crippen LogP contribution < -0.4 is 5.32 Å². The van der Waals surface area contributed by atoms with E-state index in [-0.39, 0.29) is 12.2 Å². The molecule has 0 radical (unpaired) electrons. The Hall–Kier alpha value is -2.27. The highest BCUT2D eigenvalue weighted by Crippen LogP contribution is 2.13. The maximum Gasteiger partial charge on any atom is 0.338 e. The molecule has 0 spiro atoms. The van der Waals surface area contributed by atoms with Crippen LogP contribution in [0.3, 0.4) is 0 Å². The van der Waals surface area contributed by atoms with Crippen molar-refractivity contribution in [3.8, 4) is 0 Å². The number of carbonyl (C=O) groups is 1. The third-order valence-electron chi connectivity index (χ3n) is 2.50. The molecule has 0 bridgehead atoms. The molecule has 18 heavy (non-hydrogen) atoms. The summed E-state index contributed by atoms with van der Waals surface area (Å²) in [6.07, 6.45) is 1.22. The molecule has 94 valence electrons. The molecule has 5 heteroatoms. The predicted molar refractivity (Wildman–Crippen MR) is 65.4 cm³/mol. The molecule has 1 heterocycles. The Kier molecular flexibility index (Phi) is 3.64. The molecule has 0 unspecified atom stereocenters. The van der Waals surface area contributed by atoms with Crippen LogP contribution in [0.15, 0.2) is 41.0 Å². The number of furan rings is 1. The molecular formula is C13H13NO4. The van der Waals surface area contributed by atoms with E-state index in [1.54, 1.807) is 0 Å². The summed E-state index contributed by atoms with van der Waals surface area (Å²) in [4.78, 5) is 10.7. The standard InChI is InChI=1S/C13H13NO4/c15-7-9-1-3-11(4-2-9)14-6-12-5-10(8-18-12)13(16)17/h1-5,8,14-15H,6-7H2,(H,16,17). The number of aliphatic hydroxyl groups excluding tert-OH is 1. The summed E-state index contributed by atoms with van der Waals surface area (Å²) < 4.78 is 5.11. The van der Waals surface area contributed by atoms with Gasteiger partial charge in [-0.3, -0.25) is 0 Å². The van der Waals surface area contributed by atoms with Crippen molar-refractivity contribution in [3.63, 3.8) is 0 Å². The normalized spacial score (nSPS) is 10.3. The highest BCUT2D eigenvalue weighted by atomic mass is 16.4. The third-order valence-corrected chi connectivity index (χ3v) is 2.50. The number of carboxylic acids is 1. The fourth-order valence-corrected chi connectivity index (χ4v) is 1.50. The molecule has 0 aliphatic heterocycles. The molecule has 2 aromatic rings. The first-order valence-electron chi connectivity index (χ1n) is 5.43. The molecule has 3 N–H and O–H groups in total. The number of aliphatic hydroxyl groups is 1. The summed E-state index contributed by atoms with van der Waals surface area (Å²) in [7, 11) is 0. The monoisotopic (exact) mass is 247 g/mol. The van der Waals surface area contributed by atoms with Crippen LogP contribution in [-0.4, -0.2) is 16.2 Å². The van der Waals surface area contributed by atoms with Gasteiger partial charge in [0.1, 0.15) is 12.0 Å². The van der Waals surface area contributed by atoms with Crippen molar-refractivity contribution < 1.29 is 19.4 Å². The fraction of sp³-hybridized carbons (Fsp3) is 0.154. The Labute approximate surface area is 104 Å². The van der Waals surface area contributed by atoms with Gasteiger partial charge in [-0.05, 0) is 23.8 Å². The minimum atomic E-state index is -1.00. The topological polar surface area (TPSA) is 82.7 Å². The van der Waals surface area contributed by atoms with E-state index in [0.29, 0.717) is 12.3 Å². The zero-order valence-corrected chi connectivity index (χ0v) is 9.59. The first-order chi connectivity index (χ1) is 8.69. The molecule has 0 atom stereocenters. The van der Waals surface area contributed by atoms with Gasteiger partial charge in [0.05, 0.1) is 18.7 Å². The van der Waals surface area contributed by atoms with Gasteiger partial charge in [0.25, 0.3) is 0 Å². The van der Waals surface area contributed by atoms with E-state index in [1.165, 1.54) is 12.3 Å². The van der Waals surface area contributed by atoms with Crippen molar-refractivity contribution >= 4 is 11.7 Å². The minimum Gasteiger partial charge on any atom is -0.478 e.